The minimum atomic E-state index is -0.379. The van der Waals surface area contributed by atoms with Crippen LogP contribution in [0.2, 0.25) is 0 Å². The number of carbonyl (C=O) groups excluding carboxylic acids is 2. The second-order valence-electron chi connectivity index (χ2n) is 2.44. The first-order valence-corrected chi connectivity index (χ1v) is 3.88. The van der Waals surface area contributed by atoms with E-state index in [1.807, 2.05) is 0 Å². The smallest absolute Gasteiger partial charge is 0.413 e. The third-order valence-electron chi connectivity index (χ3n) is 1.58. The van der Waals surface area contributed by atoms with Gasteiger partial charge in [-0.25, -0.2) is 4.79 Å². The molecule has 0 spiro atoms. The van der Waals surface area contributed by atoms with Crippen LogP contribution in [-0.4, -0.2) is 29.9 Å². The predicted molar refractivity (Wildman–Crippen MR) is 42.5 cm³/mol. The Balaban J connectivity index is 2.44. The van der Waals surface area contributed by atoms with Gasteiger partial charge < -0.3 is 4.74 Å². The minimum absolute atomic E-state index is 0.00898. The average molecular weight is 169 g/mol. The SMILES string of the molecule is CCC(=O)/C=C/N1CCOC1=O. The van der Waals surface area contributed by atoms with Gasteiger partial charge in [0.05, 0.1) is 6.54 Å². The van der Waals surface area contributed by atoms with Crippen LogP contribution in [0.1, 0.15) is 13.3 Å². The minimum Gasteiger partial charge on any atom is -0.447 e. The van der Waals surface area contributed by atoms with E-state index in [0.717, 1.165) is 0 Å². The third-order valence-corrected chi connectivity index (χ3v) is 1.58. The number of ether oxygens (including phenoxy) is 1. The first-order valence-electron chi connectivity index (χ1n) is 3.88. The average Bonchev–Trinajstić information content (AvgIpc) is 2.47. The molecule has 0 saturated carbocycles. The molecule has 0 aliphatic carbocycles. The number of allylic oxidation sites excluding steroid dienone is 1. The first kappa shape index (κ1) is 8.77. The molecule has 1 fully saturated rings. The van der Waals surface area contributed by atoms with Crippen LogP contribution in [0.15, 0.2) is 12.3 Å². The molecule has 12 heavy (non-hydrogen) atoms. The molecule has 4 heteroatoms. The molecule has 1 saturated heterocycles. The van der Waals surface area contributed by atoms with Gasteiger partial charge in [0.2, 0.25) is 0 Å². The first-order chi connectivity index (χ1) is 5.74. The van der Waals surface area contributed by atoms with Crippen molar-refractivity contribution in [2.75, 3.05) is 13.2 Å². The lowest BCUT2D eigenvalue weighted by Crippen LogP contribution is -2.17. The van der Waals surface area contributed by atoms with E-state index in [1.54, 1.807) is 6.92 Å². The second-order valence-corrected chi connectivity index (χ2v) is 2.44. The van der Waals surface area contributed by atoms with Gasteiger partial charge in [-0.3, -0.25) is 9.69 Å². The number of rotatable bonds is 3. The Morgan fingerprint density at radius 3 is 3.00 bits per heavy atom. The molecule has 66 valence electrons. The van der Waals surface area contributed by atoms with E-state index >= 15 is 0 Å². The number of ketones is 1. The van der Waals surface area contributed by atoms with Crippen LogP contribution >= 0.6 is 0 Å². The number of cyclic esters (lactones) is 1. The summed E-state index contributed by atoms with van der Waals surface area (Å²) in [6.07, 6.45) is 2.95. The maximum absolute atomic E-state index is 10.8. The van der Waals surface area contributed by atoms with Gasteiger partial charge in [0.1, 0.15) is 6.61 Å². The maximum Gasteiger partial charge on any atom is 0.413 e. The molecule has 0 N–H and O–H groups in total. The zero-order chi connectivity index (χ0) is 8.97. The van der Waals surface area contributed by atoms with E-state index in [0.29, 0.717) is 19.6 Å². The molecule has 4 nitrogen and oxygen atoms in total. The Morgan fingerprint density at radius 1 is 1.75 bits per heavy atom. The molecule has 0 aromatic carbocycles. The Labute approximate surface area is 70.8 Å². The summed E-state index contributed by atoms with van der Waals surface area (Å²) in [6.45, 7) is 2.71. The highest BCUT2D eigenvalue weighted by atomic mass is 16.6. The highest BCUT2D eigenvalue weighted by molar-refractivity contribution is 5.89. The van der Waals surface area contributed by atoms with Crippen LogP contribution in [0, 0.1) is 0 Å². The van der Waals surface area contributed by atoms with Crippen molar-refractivity contribution < 1.29 is 14.3 Å². The van der Waals surface area contributed by atoms with Gasteiger partial charge in [-0.2, -0.15) is 0 Å². The Kier molecular flexibility index (Phi) is 2.85. The van der Waals surface area contributed by atoms with Gasteiger partial charge in [0.15, 0.2) is 5.78 Å². The van der Waals surface area contributed by atoms with Gasteiger partial charge in [-0.05, 0) is 6.08 Å². The molecule has 0 bridgehead atoms. The number of amides is 1. The normalized spacial score (nSPS) is 17.1. The van der Waals surface area contributed by atoms with Crippen LogP contribution in [0.3, 0.4) is 0 Å². The third kappa shape index (κ3) is 2.08. The van der Waals surface area contributed by atoms with Crippen molar-refractivity contribution in [1.82, 2.24) is 4.90 Å². The van der Waals surface area contributed by atoms with Gasteiger partial charge >= 0.3 is 6.09 Å². The quantitative estimate of drug-likeness (QED) is 0.590. The van der Waals surface area contributed by atoms with E-state index in [-0.39, 0.29) is 11.9 Å². The summed E-state index contributed by atoms with van der Waals surface area (Å²) in [5.74, 6) is 0.00898. The molecule has 0 aromatic heterocycles. The van der Waals surface area contributed by atoms with Crippen LogP contribution in [0.4, 0.5) is 4.79 Å². The molecule has 0 aromatic rings. The van der Waals surface area contributed by atoms with Crippen LogP contribution < -0.4 is 0 Å². The fourth-order valence-corrected chi connectivity index (χ4v) is 0.832. The van der Waals surface area contributed by atoms with Crippen molar-refractivity contribution in [3.8, 4) is 0 Å². The molecule has 1 aliphatic rings. The lowest BCUT2D eigenvalue weighted by atomic mass is 10.3. The van der Waals surface area contributed by atoms with E-state index in [9.17, 15) is 9.59 Å². The topological polar surface area (TPSA) is 46.6 Å². The molecule has 1 amide bonds. The van der Waals surface area contributed by atoms with E-state index < -0.39 is 0 Å². The summed E-state index contributed by atoms with van der Waals surface area (Å²) < 4.78 is 4.66. The molecule has 1 rings (SSSR count). The molecule has 1 heterocycles. The van der Waals surface area contributed by atoms with Crippen LogP contribution in [0.5, 0.6) is 0 Å². The number of hydrogen-bond donors (Lipinski definition) is 0. The Bertz CT molecular complexity index is 222. The number of hydrogen-bond acceptors (Lipinski definition) is 3. The van der Waals surface area contributed by atoms with E-state index in [2.05, 4.69) is 4.74 Å². The van der Waals surface area contributed by atoms with Crippen LogP contribution in [0.25, 0.3) is 0 Å². The van der Waals surface area contributed by atoms with Crippen molar-refractivity contribution in [2.45, 2.75) is 13.3 Å². The predicted octanol–water partition coefficient (Wildman–Crippen LogP) is 0.931. The van der Waals surface area contributed by atoms with E-state index in [1.165, 1.54) is 17.2 Å². The van der Waals surface area contributed by atoms with Gasteiger partial charge in [-0.1, -0.05) is 6.92 Å². The molecular weight excluding hydrogens is 158 g/mol. The second kappa shape index (κ2) is 3.90. The standard InChI is InChI=1S/C8H11NO3/c1-2-7(10)3-4-9-5-6-12-8(9)11/h3-4H,2,5-6H2,1H3/b4-3+. The zero-order valence-corrected chi connectivity index (χ0v) is 6.95. The summed E-state index contributed by atoms with van der Waals surface area (Å²) in [7, 11) is 0. The highest BCUT2D eigenvalue weighted by Gasteiger charge is 2.18. The van der Waals surface area contributed by atoms with Crippen molar-refractivity contribution >= 4 is 11.9 Å². The van der Waals surface area contributed by atoms with Gasteiger partial charge in [0, 0.05) is 12.6 Å². The summed E-state index contributed by atoms with van der Waals surface area (Å²) in [5.41, 5.74) is 0. The molecule has 1 aliphatic heterocycles. The molecule has 0 atom stereocenters. The largest absolute Gasteiger partial charge is 0.447 e. The number of carbonyl (C=O) groups is 2. The van der Waals surface area contributed by atoms with Gasteiger partial charge in [-0.15, -0.1) is 0 Å². The van der Waals surface area contributed by atoms with Gasteiger partial charge in [0.25, 0.3) is 0 Å². The molecule has 0 radical (unpaired) electrons. The lowest BCUT2D eigenvalue weighted by Gasteiger charge is -2.03. The highest BCUT2D eigenvalue weighted by Crippen LogP contribution is 2.03. The Hall–Kier alpha value is -1.32. The fourth-order valence-electron chi connectivity index (χ4n) is 0.832. The van der Waals surface area contributed by atoms with Crippen molar-refractivity contribution in [2.24, 2.45) is 0 Å². The monoisotopic (exact) mass is 169 g/mol. The number of nitrogens with zero attached hydrogens (tertiary/aromatic N) is 1. The van der Waals surface area contributed by atoms with Crippen molar-refractivity contribution in [3.63, 3.8) is 0 Å². The maximum atomic E-state index is 10.8. The van der Waals surface area contributed by atoms with Crippen molar-refractivity contribution in [3.05, 3.63) is 12.3 Å². The van der Waals surface area contributed by atoms with E-state index in [4.69, 9.17) is 0 Å². The fraction of sp³-hybridized carbons (Fsp3) is 0.500. The van der Waals surface area contributed by atoms with Crippen molar-refractivity contribution in [1.29, 1.82) is 0 Å². The zero-order valence-electron chi connectivity index (χ0n) is 6.95. The van der Waals surface area contributed by atoms with Crippen LogP contribution in [-0.2, 0) is 9.53 Å². The molecule has 0 unspecified atom stereocenters. The summed E-state index contributed by atoms with van der Waals surface area (Å²) >= 11 is 0. The summed E-state index contributed by atoms with van der Waals surface area (Å²) in [4.78, 5) is 23.0. The lowest BCUT2D eigenvalue weighted by molar-refractivity contribution is -0.114. The molecular formula is C8H11NO3. The Morgan fingerprint density at radius 2 is 2.50 bits per heavy atom. The summed E-state index contributed by atoms with van der Waals surface area (Å²) in [6, 6.07) is 0. The summed E-state index contributed by atoms with van der Waals surface area (Å²) in [5, 5.41) is 0.